The third kappa shape index (κ3) is 3.32. The number of carbonyl (C=O) groups is 1. The van der Waals surface area contributed by atoms with Crippen molar-refractivity contribution < 1.29 is 17.6 Å². The second-order valence-corrected chi connectivity index (χ2v) is 8.84. The quantitative estimate of drug-likeness (QED) is 0.685. The molecule has 2 aromatic heterocycles. The summed E-state index contributed by atoms with van der Waals surface area (Å²) in [5.41, 5.74) is 1.64. The first-order valence-electron chi connectivity index (χ1n) is 8.80. The standard InChI is InChI=1S/C19H19N3O4S/c1-2-27(24,25)15-5-6-17-16(10-15)21-18(26-17)14-7-9-22(12-14)19(23)13-4-3-8-20-11-13/h3-6,8,10-11,14H,2,7,9,12H2,1H3/t14-/m1/s1. The van der Waals surface area contributed by atoms with E-state index < -0.39 is 9.84 Å². The van der Waals surface area contributed by atoms with Crippen molar-refractivity contribution >= 4 is 26.8 Å². The Morgan fingerprint density at radius 1 is 1.33 bits per heavy atom. The molecule has 1 aromatic carbocycles. The lowest BCUT2D eigenvalue weighted by Crippen LogP contribution is -2.28. The number of amides is 1. The molecule has 3 heterocycles. The Balaban J connectivity index is 1.56. The van der Waals surface area contributed by atoms with Crippen LogP contribution in [0.1, 0.15) is 35.5 Å². The molecule has 1 aliphatic rings. The molecule has 0 saturated carbocycles. The average molecular weight is 385 g/mol. The van der Waals surface area contributed by atoms with Crippen LogP contribution in [0.2, 0.25) is 0 Å². The van der Waals surface area contributed by atoms with Crippen LogP contribution in [0.15, 0.2) is 52.0 Å². The minimum atomic E-state index is -3.29. The molecule has 7 nitrogen and oxygen atoms in total. The first-order valence-corrected chi connectivity index (χ1v) is 10.5. The van der Waals surface area contributed by atoms with E-state index in [0.717, 1.165) is 6.42 Å². The van der Waals surface area contributed by atoms with Crippen LogP contribution < -0.4 is 0 Å². The first-order chi connectivity index (χ1) is 13.0. The maximum atomic E-state index is 12.6. The van der Waals surface area contributed by atoms with E-state index >= 15 is 0 Å². The topological polar surface area (TPSA) is 93.4 Å². The number of rotatable bonds is 4. The molecule has 0 N–H and O–H groups in total. The van der Waals surface area contributed by atoms with Crippen LogP contribution in [-0.4, -0.2) is 48.0 Å². The molecule has 1 atom stereocenters. The Morgan fingerprint density at radius 2 is 2.19 bits per heavy atom. The number of carbonyl (C=O) groups excluding carboxylic acids is 1. The summed E-state index contributed by atoms with van der Waals surface area (Å²) in [6, 6.07) is 8.22. The monoisotopic (exact) mass is 385 g/mol. The maximum absolute atomic E-state index is 12.6. The van der Waals surface area contributed by atoms with E-state index in [1.165, 1.54) is 0 Å². The van der Waals surface area contributed by atoms with E-state index in [9.17, 15) is 13.2 Å². The summed E-state index contributed by atoms with van der Waals surface area (Å²) in [5, 5.41) is 0. The van der Waals surface area contributed by atoms with Crippen LogP contribution in [0, 0.1) is 0 Å². The highest BCUT2D eigenvalue weighted by Gasteiger charge is 2.31. The Bertz CT molecular complexity index is 1090. The highest BCUT2D eigenvalue weighted by molar-refractivity contribution is 7.91. The molecule has 0 radical (unpaired) electrons. The highest BCUT2D eigenvalue weighted by atomic mass is 32.2. The van der Waals surface area contributed by atoms with Gasteiger partial charge in [-0.15, -0.1) is 0 Å². The van der Waals surface area contributed by atoms with Crippen LogP contribution in [0.25, 0.3) is 11.1 Å². The molecule has 0 spiro atoms. The van der Waals surface area contributed by atoms with Gasteiger partial charge in [-0.05, 0) is 36.8 Å². The SMILES string of the molecule is CCS(=O)(=O)c1ccc2oc([C@@H]3CCN(C(=O)c4cccnc4)C3)nc2c1. The van der Waals surface area contributed by atoms with Crippen LogP contribution in [0.3, 0.4) is 0 Å². The minimum Gasteiger partial charge on any atom is -0.440 e. The lowest BCUT2D eigenvalue weighted by atomic mass is 10.1. The summed E-state index contributed by atoms with van der Waals surface area (Å²) in [6.45, 7) is 2.74. The van der Waals surface area contributed by atoms with Crippen molar-refractivity contribution in [1.29, 1.82) is 0 Å². The summed E-state index contributed by atoms with van der Waals surface area (Å²) in [7, 11) is -3.29. The molecule has 1 amide bonds. The van der Waals surface area contributed by atoms with Gasteiger partial charge in [-0.25, -0.2) is 13.4 Å². The summed E-state index contributed by atoms with van der Waals surface area (Å²) in [4.78, 5) is 23.0. The maximum Gasteiger partial charge on any atom is 0.255 e. The van der Waals surface area contributed by atoms with Gasteiger partial charge in [0.25, 0.3) is 5.91 Å². The van der Waals surface area contributed by atoms with Crippen molar-refractivity contribution in [2.45, 2.75) is 24.2 Å². The number of pyridine rings is 1. The number of nitrogens with zero attached hydrogens (tertiary/aromatic N) is 3. The summed E-state index contributed by atoms with van der Waals surface area (Å²) in [6.07, 6.45) is 3.94. The second-order valence-electron chi connectivity index (χ2n) is 6.56. The first kappa shape index (κ1) is 17.7. The van der Waals surface area contributed by atoms with Crippen molar-refractivity contribution in [3.05, 3.63) is 54.2 Å². The van der Waals surface area contributed by atoms with E-state index in [0.29, 0.717) is 35.6 Å². The largest absolute Gasteiger partial charge is 0.440 e. The molecule has 0 bridgehead atoms. The van der Waals surface area contributed by atoms with Gasteiger partial charge in [0.15, 0.2) is 21.3 Å². The van der Waals surface area contributed by atoms with Crippen LogP contribution >= 0.6 is 0 Å². The van der Waals surface area contributed by atoms with Crippen molar-refractivity contribution in [2.75, 3.05) is 18.8 Å². The zero-order valence-corrected chi connectivity index (χ0v) is 15.6. The molecule has 1 aliphatic heterocycles. The number of likely N-dealkylation sites (tertiary alicyclic amines) is 1. The van der Waals surface area contributed by atoms with Gasteiger partial charge < -0.3 is 9.32 Å². The number of oxazole rings is 1. The van der Waals surface area contributed by atoms with Gasteiger partial charge in [0.1, 0.15) is 5.52 Å². The van der Waals surface area contributed by atoms with Gasteiger partial charge in [0.2, 0.25) is 0 Å². The molecule has 4 rings (SSSR count). The predicted octanol–water partition coefficient (Wildman–Crippen LogP) is 2.65. The predicted molar refractivity (Wildman–Crippen MR) is 99.2 cm³/mol. The van der Waals surface area contributed by atoms with Crippen LogP contribution in [0.5, 0.6) is 0 Å². The minimum absolute atomic E-state index is 0.00995. The van der Waals surface area contributed by atoms with Gasteiger partial charge in [-0.2, -0.15) is 0 Å². The molecule has 0 aliphatic carbocycles. The number of hydrogen-bond acceptors (Lipinski definition) is 6. The van der Waals surface area contributed by atoms with E-state index in [1.54, 1.807) is 54.5 Å². The van der Waals surface area contributed by atoms with Gasteiger partial charge in [-0.3, -0.25) is 9.78 Å². The third-order valence-electron chi connectivity index (χ3n) is 4.85. The van der Waals surface area contributed by atoms with Crippen molar-refractivity contribution in [1.82, 2.24) is 14.9 Å². The number of benzene rings is 1. The normalized spacial score (nSPS) is 17.5. The van der Waals surface area contributed by atoms with Crippen molar-refractivity contribution in [3.8, 4) is 0 Å². The molecule has 27 heavy (non-hydrogen) atoms. The lowest BCUT2D eigenvalue weighted by molar-refractivity contribution is 0.0789. The molecule has 1 saturated heterocycles. The number of sulfone groups is 1. The fourth-order valence-electron chi connectivity index (χ4n) is 3.28. The van der Waals surface area contributed by atoms with Gasteiger partial charge >= 0.3 is 0 Å². The van der Waals surface area contributed by atoms with Gasteiger partial charge in [-0.1, -0.05) is 6.92 Å². The summed E-state index contributed by atoms with van der Waals surface area (Å²) < 4.78 is 29.9. The Hall–Kier alpha value is -2.74. The third-order valence-corrected chi connectivity index (χ3v) is 6.58. The highest BCUT2D eigenvalue weighted by Crippen LogP contribution is 2.30. The van der Waals surface area contributed by atoms with Gasteiger partial charge in [0, 0.05) is 25.5 Å². The zero-order valence-electron chi connectivity index (χ0n) is 14.8. The lowest BCUT2D eigenvalue weighted by Gasteiger charge is -2.15. The van der Waals surface area contributed by atoms with Crippen molar-refractivity contribution in [2.24, 2.45) is 0 Å². The Labute approximate surface area is 156 Å². The molecule has 1 fully saturated rings. The molecule has 140 valence electrons. The zero-order chi connectivity index (χ0) is 19.0. The molecular formula is C19H19N3O4S. The number of fused-ring (bicyclic) bond motifs is 1. The second kappa shape index (κ2) is 6.77. The fraction of sp³-hybridized carbons (Fsp3) is 0.316. The Kier molecular flexibility index (Phi) is 4.43. The molecule has 0 unspecified atom stereocenters. The summed E-state index contributed by atoms with van der Waals surface area (Å²) in [5.74, 6) is 0.511. The molecule has 3 aromatic rings. The fourth-order valence-corrected chi connectivity index (χ4v) is 4.18. The number of aromatic nitrogens is 2. The van der Waals surface area contributed by atoms with E-state index in [-0.39, 0.29) is 22.5 Å². The van der Waals surface area contributed by atoms with E-state index in [4.69, 9.17) is 4.42 Å². The van der Waals surface area contributed by atoms with E-state index in [1.807, 2.05) is 0 Å². The van der Waals surface area contributed by atoms with Crippen LogP contribution in [-0.2, 0) is 9.84 Å². The van der Waals surface area contributed by atoms with Crippen molar-refractivity contribution in [3.63, 3.8) is 0 Å². The molecule has 8 heteroatoms. The summed E-state index contributed by atoms with van der Waals surface area (Å²) >= 11 is 0. The molecular weight excluding hydrogens is 366 g/mol. The Morgan fingerprint density at radius 3 is 2.93 bits per heavy atom. The van der Waals surface area contributed by atoms with Crippen LogP contribution in [0.4, 0.5) is 0 Å². The number of hydrogen-bond donors (Lipinski definition) is 0. The smallest absolute Gasteiger partial charge is 0.255 e. The average Bonchev–Trinajstić information content (AvgIpc) is 3.34. The van der Waals surface area contributed by atoms with E-state index in [2.05, 4.69) is 9.97 Å². The van der Waals surface area contributed by atoms with Gasteiger partial charge in [0.05, 0.1) is 22.1 Å².